The van der Waals surface area contributed by atoms with E-state index in [-0.39, 0.29) is 0 Å². The van der Waals surface area contributed by atoms with Crippen molar-refractivity contribution in [3.63, 3.8) is 0 Å². The lowest BCUT2D eigenvalue weighted by atomic mass is 10.0. The minimum Gasteiger partial charge on any atom is -0.465 e. The molecule has 0 radical (unpaired) electrons. The Labute approximate surface area is 197 Å². The third-order valence-electron chi connectivity index (χ3n) is 5.83. The summed E-state index contributed by atoms with van der Waals surface area (Å²) in [6, 6.07) is 30.5. The van der Waals surface area contributed by atoms with Crippen LogP contribution in [-0.2, 0) is 9.47 Å². The highest BCUT2D eigenvalue weighted by molar-refractivity contribution is 6.08. The molecular formula is C28H22N2O4. The molecule has 4 aromatic carbocycles. The van der Waals surface area contributed by atoms with E-state index in [1.807, 2.05) is 94.7 Å². The van der Waals surface area contributed by atoms with Crippen LogP contribution < -0.4 is 9.80 Å². The van der Waals surface area contributed by atoms with Crippen molar-refractivity contribution in [3.8, 4) is 0 Å². The molecule has 6 heteroatoms. The van der Waals surface area contributed by atoms with E-state index in [1.165, 1.54) is 14.2 Å². The molecule has 1 aliphatic heterocycles. The molecule has 0 N–H and O–H groups in total. The Morgan fingerprint density at radius 1 is 0.471 bits per heavy atom. The Bertz CT molecular complexity index is 1250. The summed E-state index contributed by atoms with van der Waals surface area (Å²) >= 11 is 0. The zero-order chi connectivity index (χ0) is 23.7. The predicted octanol–water partition coefficient (Wildman–Crippen LogP) is 6.51. The van der Waals surface area contributed by atoms with E-state index >= 15 is 0 Å². The van der Waals surface area contributed by atoms with Gasteiger partial charge in [0.2, 0.25) is 0 Å². The van der Waals surface area contributed by atoms with E-state index in [0.717, 1.165) is 22.7 Å². The van der Waals surface area contributed by atoms with Crippen LogP contribution in [-0.4, -0.2) is 26.2 Å². The van der Waals surface area contributed by atoms with E-state index in [2.05, 4.69) is 0 Å². The molecule has 168 valence electrons. The monoisotopic (exact) mass is 450 g/mol. The minimum absolute atomic E-state index is 0.413. The minimum atomic E-state index is -0.413. The number of para-hydroxylation sites is 6. The lowest BCUT2D eigenvalue weighted by Crippen LogP contribution is -2.26. The first kappa shape index (κ1) is 21.3. The smallest absolute Gasteiger partial charge is 0.339 e. The van der Waals surface area contributed by atoms with Crippen LogP contribution in [0.2, 0.25) is 0 Å². The van der Waals surface area contributed by atoms with Crippen molar-refractivity contribution >= 4 is 46.1 Å². The number of anilines is 6. The molecule has 4 aromatic rings. The van der Waals surface area contributed by atoms with Gasteiger partial charge in [-0.15, -0.1) is 0 Å². The van der Waals surface area contributed by atoms with Gasteiger partial charge in [0.15, 0.2) is 0 Å². The van der Waals surface area contributed by atoms with Gasteiger partial charge in [-0.25, -0.2) is 9.59 Å². The highest BCUT2D eigenvalue weighted by atomic mass is 16.5. The van der Waals surface area contributed by atoms with E-state index in [1.54, 1.807) is 12.1 Å². The molecule has 6 nitrogen and oxygen atoms in total. The van der Waals surface area contributed by atoms with Crippen molar-refractivity contribution in [1.29, 1.82) is 0 Å². The SMILES string of the molecule is COC(=O)c1ccccc1N1c2ccccc2N(c2ccccc2C(=O)OC)c2ccccc21. The van der Waals surface area contributed by atoms with Crippen LogP contribution >= 0.6 is 0 Å². The topological polar surface area (TPSA) is 59.1 Å². The molecule has 0 spiro atoms. The molecule has 0 aromatic heterocycles. The van der Waals surface area contributed by atoms with E-state index in [4.69, 9.17) is 9.47 Å². The standard InChI is InChI=1S/C28H22N2O4/c1-33-27(31)19-11-3-5-13-21(19)29-23-15-7-9-17-25(23)30(26-18-10-8-16-24(26)29)22-14-6-4-12-20(22)28(32)34-2/h3-18H,1-2H3. The number of hydrogen-bond donors (Lipinski definition) is 0. The van der Waals surface area contributed by atoms with Crippen LogP contribution in [0.15, 0.2) is 97.1 Å². The first-order valence-electron chi connectivity index (χ1n) is 10.8. The number of hydrogen-bond acceptors (Lipinski definition) is 6. The van der Waals surface area contributed by atoms with Crippen LogP contribution in [0.5, 0.6) is 0 Å². The van der Waals surface area contributed by atoms with Gasteiger partial charge in [0.1, 0.15) is 0 Å². The molecule has 0 aliphatic carbocycles. The van der Waals surface area contributed by atoms with Gasteiger partial charge in [-0.3, -0.25) is 0 Å². The molecular weight excluding hydrogens is 428 g/mol. The van der Waals surface area contributed by atoms with Gasteiger partial charge in [0, 0.05) is 0 Å². The number of carbonyl (C=O) groups is 2. The summed E-state index contributed by atoms with van der Waals surface area (Å²) < 4.78 is 10.1. The second-order valence-corrected chi connectivity index (χ2v) is 7.67. The Hall–Kier alpha value is -4.58. The van der Waals surface area contributed by atoms with Crippen molar-refractivity contribution in [2.24, 2.45) is 0 Å². The van der Waals surface area contributed by atoms with Gasteiger partial charge >= 0.3 is 11.9 Å². The normalized spacial score (nSPS) is 11.9. The van der Waals surface area contributed by atoms with E-state index in [0.29, 0.717) is 22.5 Å². The zero-order valence-electron chi connectivity index (χ0n) is 18.8. The molecule has 0 bridgehead atoms. The second-order valence-electron chi connectivity index (χ2n) is 7.67. The Morgan fingerprint density at radius 3 is 1.03 bits per heavy atom. The third-order valence-corrected chi connectivity index (χ3v) is 5.83. The summed E-state index contributed by atoms with van der Waals surface area (Å²) in [6.45, 7) is 0. The third kappa shape index (κ3) is 3.36. The summed E-state index contributed by atoms with van der Waals surface area (Å²) in [4.78, 5) is 29.4. The van der Waals surface area contributed by atoms with Crippen molar-refractivity contribution in [3.05, 3.63) is 108 Å². The Kier molecular flexibility index (Phi) is 5.47. The molecule has 34 heavy (non-hydrogen) atoms. The summed E-state index contributed by atoms with van der Waals surface area (Å²) in [5, 5.41) is 0. The maximum absolute atomic E-state index is 12.6. The summed E-state index contributed by atoms with van der Waals surface area (Å²) in [5.74, 6) is -0.826. The van der Waals surface area contributed by atoms with Crippen molar-refractivity contribution in [2.45, 2.75) is 0 Å². The molecule has 0 atom stereocenters. The van der Waals surface area contributed by atoms with Crippen LogP contribution in [0.3, 0.4) is 0 Å². The van der Waals surface area contributed by atoms with Gasteiger partial charge in [-0.05, 0) is 48.5 Å². The van der Waals surface area contributed by atoms with Crippen LogP contribution in [0.25, 0.3) is 0 Å². The lowest BCUT2D eigenvalue weighted by molar-refractivity contribution is 0.0592. The Morgan fingerprint density at radius 2 is 0.735 bits per heavy atom. The number of ether oxygens (including phenoxy) is 2. The Balaban J connectivity index is 1.80. The maximum atomic E-state index is 12.6. The van der Waals surface area contributed by atoms with Gasteiger partial charge in [-0.2, -0.15) is 0 Å². The number of methoxy groups -OCH3 is 2. The fourth-order valence-electron chi connectivity index (χ4n) is 4.37. The molecule has 1 aliphatic rings. The molecule has 0 amide bonds. The molecule has 5 rings (SSSR count). The average Bonchev–Trinajstić information content (AvgIpc) is 2.90. The lowest BCUT2D eigenvalue weighted by Gasteiger charge is -2.41. The fraction of sp³-hybridized carbons (Fsp3) is 0.0714. The van der Waals surface area contributed by atoms with Crippen LogP contribution in [0, 0.1) is 0 Å². The second kappa shape index (κ2) is 8.75. The van der Waals surface area contributed by atoms with Gasteiger partial charge in [0.05, 0.1) is 59.5 Å². The predicted molar refractivity (Wildman–Crippen MR) is 132 cm³/mol. The quantitative estimate of drug-likeness (QED) is 0.291. The maximum Gasteiger partial charge on any atom is 0.339 e. The highest BCUT2D eigenvalue weighted by Gasteiger charge is 2.33. The number of nitrogens with zero attached hydrogens (tertiary/aromatic N) is 2. The number of esters is 2. The number of carbonyl (C=O) groups excluding carboxylic acids is 2. The molecule has 0 saturated carbocycles. The number of fused-ring (bicyclic) bond motifs is 2. The largest absolute Gasteiger partial charge is 0.465 e. The summed E-state index contributed by atoms with van der Waals surface area (Å²) in [6.07, 6.45) is 0. The van der Waals surface area contributed by atoms with E-state index in [9.17, 15) is 9.59 Å². The van der Waals surface area contributed by atoms with Crippen molar-refractivity contribution < 1.29 is 19.1 Å². The first-order chi connectivity index (χ1) is 16.7. The first-order valence-corrected chi connectivity index (χ1v) is 10.8. The fourth-order valence-corrected chi connectivity index (χ4v) is 4.37. The molecule has 0 saturated heterocycles. The zero-order valence-corrected chi connectivity index (χ0v) is 18.8. The average molecular weight is 450 g/mol. The summed E-state index contributed by atoms with van der Waals surface area (Å²) in [5.41, 5.74) is 5.75. The molecule has 0 fully saturated rings. The van der Waals surface area contributed by atoms with Crippen LogP contribution in [0.1, 0.15) is 20.7 Å². The molecule has 1 heterocycles. The van der Waals surface area contributed by atoms with Gasteiger partial charge in [-0.1, -0.05) is 48.5 Å². The van der Waals surface area contributed by atoms with Gasteiger partial charge in [0.25, 0.3) is 0 Å². The van der Waals surface area contributed by atoms with Gasteiger partial charge < -0.3 is 19.3 Å². The number of rotatable bonds is 4. The highest BCUT2D eigenvalue weighted by Crippen LogP contribution is 2.54. The van der Waals surface area contributed by atoms with Crippen molar-refractivity contribution in [1.82, 2.24) is 0 Å². The number of benzene rings is 4. The van der Waals surface area contributed by atoms with E-state index < -0.39 is 11.9 Å². The molecule has 0 unspecified atom stereocenters. The van der Waals surface area contributed by atoms with Crippen LogP contribution in [0.4, 0.5) is 34.1 Å². The summed E-state index contributed by atoms with van der Waals surface area (Å²) in [7, 11) is 2.76. The van der Waals surface area contributed by atoms with Crippen molar-refractivity contribution in [2.75, 3.05) is 24.0 Å².